The number of sulfonamides is 1. The van der Waals surface area contributed by atoms with Crippen LogP contribution in [0.4, 0.5) is 5.69 Å². The number of anilines is 1. The maximum atomic E-state index is 12.7. The Morgan fingerprint density at radius 2 is 1.74 bits per heavy atom. The molecule has 122 valence electrons. The zero-order chi connectivity index (χ0) is 16.6. The summed E-state index contributed by atoms with van der Waals surface area (Å²) in [6.07, 6.45) is 0. The van der Waals surface area contributed by atoms with Gasteiger partial charge in [-0.3, -0.25) is 4.72 Å². The SMILES string of the molecule is COc1cc(C)c(C)cc1S(=O)(=O)Nc1ccc2c(c1)OCO2. The summed E-state index contributed by atoms with van der Waals surface area (Å²) in [5.74, 6) is 1.41. The second-order valence-electron chi connectivity index (χ2n) is 5.26. The third-order valence-electron chi connectivity index (χ3n) is 3.69. The van der Waals surface area contributed by atoms with Gasteiger partial charge in [0.15, 0.2) is 11.5 Å². The van der Waals surface area contributed by atoms with Gasteiger partial charge in [-0.1, -0.05) is 0 Å². The molecule has 0 atom stereocenters. The maximum Gasteiger partial charge on any atom is 0.265 e. The molecule has 0 aromatic heterocycles. The van der Waals surface area contributed by atoms with Crippen molar-refractivity contribution in [2.24, 2.45) is 0 Å². The van der Waals surface area contributed by atoms with Gasteiger partial charge in [-0.15, -0.1) is 0 Å². The smallest absolute Gasteiger partial charge is 0.265 e. The molecule has 0 aliphatic carbocycles. The molecule has 2 aromatic carbocycles. The van der Waals surface area contributed by atoms with Crippen molar-refractivity contribution >= 4 is 15.7 Å². The van der Waals surface area contributed by atoms with E-state index in [0.29, 0.717) is 22.9 Å². The Kier molecular flexibility index (Phi) is 3.81. The van der Waals surface area contributed by atoms with Crippen LogP contribution in [-0.4, -0.2) is 22.3 Å². The second kappa shape index (κ2) is 5.66. The second-order valence-corrected chi connectivity index (χ2v) is 6.91. The average molecular weight is 335 g/mol. The molecule has 1 N–H and O–H groups in total. The van der Waals surface area contributed by atoms with Gasteiger partial charge in [-0.2, -0.15) is 0 Å². The number of benzene rings is 2. The molecule has 1 heterocycles. The fraction of sp³-hybridized carbons (Fsp3) is 0.250. The van der Waals surface area contributed by atoms with Crippen molar-refractivity contribution in [1.29, 1.82) is 0 Å². The number of hydrogen-bond donors (Lipinski definition) is 1. The molecule has 3 rings (SSSR count). The highest BCUT2D eigenvalue weighted by Crippen LogP contribution is 2.35. The number of nitrogens with one attached hydrogen (secondary N) is 1. The standard InChI is InChI=1S/C16H17NO5S/c1-10-6-15(20-3)16(7-11(10)2)23(18,19)17-12-4-5-13-14(8-12)22-9-21-13/h4-8,17H,9H2,1-3H3. The number of aryl methyl sites for hydroxylation is 2. The fourth-order valence-electron chi connectivity index (χ4n) is 2.30. The first kappa shape index (κ1) is 15.5. The molecule has 7 heteroatoms. The minimum atomic E-state index is -3.78. The monoisotopic (exact) mass is 335 g/mol. The topological polar surface area (TPSA) is 73.9 Å². The van der Waals surface area contributed by atoms with Crippen molar-refractivity contribution < 1.29 is 22.6 Å². The zero-order valence-corrected chi connectivity index (χ0v) is 13.9. The van der Waals surface area contributed by atoms with Crippen LogP contribution in [0.3, 0.4) is 0 Å². The number of ether oxygens (including phenoxy) is 3. The normalized spacial score (nSPS) is 13.0. The largest absolute Gasteiger partial charge is 0.495 e. The van der Waals surface area contributed by atoms with E-state index in [1.54, 1.807) is 30.3 Å². The van der Waals surface area contributed by atoms with Gasteiger partial charge >= 0.3 is 0 Å². The van der Waals surface area contributed by atoms with Crippen molar-refractivity contribution in [3.63, 3.8) is 0 Å². The summed E-state index contributed by atoms with van der Waals surface area (Å²) in [7, 11) is -2.34. The predicted molar refractivity (Wildman–Crippen MR) is 85.8 cm³/mol. The number of methoxy groups -OCH3 is 1. The van der Waals surface area contributed by atoms with Gasteiger partial charge < -0.3 is 14.2 Å². The molecule has 0 saturated heterocycles. The Labute approximate surface area is 135 Å². The molecule has 0 bridgehead atoms. The summed E-state index contributed by atoms with van der Waals surface area (Å²) in [6.45, 7) is 3.89. The molecule has 0 fully saturated rings. The lowest BCUT2D eigenvalue weighted by molar-refractivity contribution is 0.174. The molecule has 0 saturated carbocycles. The van der Waals surface area contributed by atoms with Gasteiger partial charge in [-0.05, 0) is 49.2 Å². The van der Waals surface area contributed by atoms with Crippen LogP contribution in [0.15, 0.2) is 35.2 Å². The summed E-state index contributed by atoms with van der Waals surface area (Å²) < 4.78 is 43.6. The lowest BCUT2D eigenvalue weighted by Crippen LogP contribution is -2.14. The molecular weight excluding hydrogens is 318 g/mol. The molecule has 0 amide bonds. The molecular formula is C16H17NO5S. The lowest BCUT2D eigenvalue weighted by Gasteiger charge is -2.14. The van der Waals surface area contributed by atoms with Gasteiger partial charge in [0.1, 0.15) is 10.6 Å². The van der Waals surface area contributed by atoms with Crippen LogP contribution < -0.4 is 18.9 Å². The van der Waals surface area contributed by atoms with E-state index in [0.717, 1.165) is 11.1 Å². The van der Waals surface area contributed by atoms with Gasteiger partial charge in [-0.25, -0.2) is 8.42 Å². The highest BCUT2D eigenvalue weighted by Gasteiger charge is 2.22. The first-order valence-electron chi connectivity index (χ1n) is 6.98. The van der Waals surface area contributed by atoms with E-state index in [1.165, 1.54) is 7.11 Å². The van der Waals surface area contributed by atoms with Gasteiger partial charge in [0.05, 0.1) is 12.8 Å². The average Bonchev–Trinajstić information content (AvgIpc) is 2.96. The van der Waals surface area contributed by atoms with Crippen LogP contribution in [0.1, 0.15) is 11.1 Å². The molecule has 1 aliphatic heterocycles. The molecule has 0 radical (unpaired) electrons. The summed E-state index contributed by atoms with van der Waals surface area (Å²) in [5.41, 5.74) is 2.23. The molecule has 2 aromatic rings. The Hall–Kier alpha value is -2.41. The molecule has 23 heavy (non-hydrogen) atoms. The lowest BCUT2D eigenvalue weighted by atomic mass is 10.1. The number of rotatable bonds is 4. The minimum absolute atomic E-state index is 0.0979. The van der Waals surface area contributed by atoms with Gasteiger partial charge in [0.2, 0.25) is 6.79 Å². The van der Waals surface area contributed by atoms with Crippen molar-refractivity contribution in [2.75, 3.05) is 18.6 Å². The summed E-state index contributed by atoms with van der Waals surface area (Å²) >= 11 is 0. The maximum absolute atomic E-state index is 12.7. The van der Waals surface area contributed by atoms with Gasteiger partial charge in [0.25, 0.3) is 10.0 Å². The predicted octanol–water partition coefficient (Wildman–Crippen LogP) is 2.84. The van der Waals surface area contributed by atoms with Crippen molar-refractivity contribution in [1.82, 2.24) is 0 Å². The number of hydrogen-bond acceptors (Lipinski definition) is 5. The van der Waals surface area contributed by atoms with E-state index in [9.17, 15) is 8.42 Å². The fourth-order valence-corrected chi connectivity index (χ4v) is 3.59. The van der Waals surface area contributed by atoms with Gasteiger partial charge in [0, 0.05) is 6.07 Å². The summed E-state index contributed by atoms with van der Waals surface area (Å²) in [5, 5.41) is 0. The quantitative estimate of drug-likeness (QED) is 0.930. The van der Waals surface area contributed by atoms with E-state index in [-0.39, 0.29) is 11.7 Å². The van der Waals surface area contributed by atoms with Crippen LogP contribution >= 0.6 is 0 Å². The van der Waals surface area contributed by atoms with Crippen LogP contribution in [0.5, 0.6) is 17.2 Å². The van der Waals surface area contributed by atoms with Crippen molar-refractivity contribution in [3.8, 4) is 17.2 Å². The first-order valence-corrected chi connectivity index (χ1v) is 8.47. The zero-order valence-electron chi connectivity index (χ0n) is 13.0. The van der Waals surface area contributed by atoms with Crippen LogP contribution in [0.2, 0.25) is 0 Å². The van der Waals surface area contributed by atoms with Crippen molar-refractivity contribution in [3.05, 3.63) is 41.5 Å². The Balaban J connectivity index is 1.98. The summed E-state index contributed by atoms with van der Waals surface area (Å²) in [6, 6.07) is 8.19. The van der Waals surface area contributed by atoms with Crippen LogP contribution in [0, 0.1) is 13.8 Å². The molecule has 0 spiro atoms. The highest BCUT2D eigenvalue weighted by molar-refractivity contribution is 7.92. The molecule has 6 nitrogen and oxygen atoms in total. The third kappa shape index (κ3) is 2.92. The summed E-state index contributed by atoms with van der Waals surface area (Å²) in [4.78, 5) is 0.0979. The van der Waals surface area contributed by atoms with Crippen LogP contribution in [0.25, 0.3) is 0 Å². The van der Waals surface area contributed by atoms with E-state index < -0.39 is 10.0 Å². The van der Waals surface area contributed by atoms with E-state index in [1.807, 2.05) is 13.8 Å². The number of fused-ring (bicyclic) bond motifs is 1. The molecule has 1 aliphatic rings. The highest BCUT2D eigenvalue weighted by atomic mass is 32.2. The van der Waals surface area contributed by atoms with Crippen molar-refractivity contribution in [2.45, 2.75) is 18.7 Å². The Morgan fingerprint density at radius 1 is 1.04 bits per heavy atom. The van der Waals surface area contributed by atoms with E-state index >= 15 is 0 Å². The van der Waals surface area contributed by atoms with Crippen LogP contribution in [-0.2, 0) is 10.0 Å². The first-order chi connectivity index (χ1) is 10.9. The Morgan fingerprint density at radius 3 is 2.48 bits per heavy atom. The van der Waals surface area contributed by atoms with E-state index in [4.69, 9.17) is 14.2 Å². The Bertz CT molecular complexity index is 861. The third-order valence-corrected chi connectivity index (χ3v) is 5.10. The molecule has 0 unspecified atom stereocenters. The van der Waals surface area contributed by atoms with E-state index in [2.05, 4.69) is 4.72 Å². The minimum Gasteiger partial charge on any atom is -0.495 e.